The lowest BCUT2D eigenvalue weighted by Gasteiger charge is -2.09. The zero-order valence-electron chi connectivity index (χ0n) is 13.7. The van der Waals surface area contributed by atoms with Crippen molar-refractivity contribution in [2.45, 2.75) is 59.1 Å². The Labute approximate surface area is 126 Å². The van der Waals surface area contributed by atoms with Crippen LogP contribution in [0.2, 0.25) is 0 Å². The highest BCUT2D eigenvalue weighted by molar-refractivity contribution is 5.24. The Hall–Kier alpha value is -1.62. The van der Waals surface area contributed by atoms with Crippen LogP contribution in [0, 0.1) is 13.8 Å². The highest BCUT2D eigenvalue weighted by Gasteiger charge is 2.13. The van der Waals surface area contributed by atoms with E-state index in [1.54, 1.807) is 0 Å². The molecule has 116 valence electrons. The maximum atomic E-state index is 10.2. The van der Waals surface area contributed by atoms with Crippen molar-refractivity contribution in [2.24, 2.45) is 7.05 Å². The van der Waals surface area contributed by atoms with Crippen LogP contribution in [0.15, 0.2) is 12.3 Å². The van der Waals surface area contributed by atoms with Crippen LogP contribution in [-0.4, -0.2) is 30.8 Å². The van der Waals surface area contributed by atoms with Gasteiger partial charge < -0.3 is 5.11 Å². The van der Waals surface area contributed by atoms with Crippen molar-refractivity contribution in [3.05, 3.63) is 34.9 Å². The number of hydrogen-bond acceptors (Lipinski definition) is 3. The van der Waals surface area contributed by atoms with E-state index in [1.807, 2.05) is 35.6 Å². The Morgan fingerprint density at radius 2 is 1.95 bits per heavy atom. The molecule has 0 spiro atoms. The van der Waals surface area contributed by atoms with Crippen LogP contribution in [0.3, 0.4) is 0 Å². The molecule has 0 amide bonds. The minimum Gasteiger partial charge on any atom is -0.393 e. The molecule has 0 aliphatic carbocycles. The van der Waals surface area contributed by atoms with E-state index in [-0.39, 0.29) is 6.10 Å². The third kappa shape index (κ3) is 3.73. The van der Waals surface area contributed by atoms with Crippen LogP contribution in [0.1, 0.15) is 49.0 Å². The summed E-state index contributed by atoms with van der Waals surface area (Å²) < 4.78 is 3.83. The van der Waals surface area contributed by atoms with Crippen molar-refractivity contribution in [3.63, 3.8) is 0 Å². The van der Waals surface area contributed by atoms with Crippen molar-refractivity contribution >= 4 is 0 Å². The molecule has 0 aliphatic rings. The average Bonchev–Trinajstić information content (AvgIpc) is 2.95. The summed E-state index contributed by atoms with van der Waals surface area (Å²) in [6, 6.07) is 2.35. The molecule has 5 heteroatoms. The lowest BCUT2D eigenvalue weighted by Crippen LogP contribution is -2.13. The quantitative estimate of drug-likeness (QED) is 0.888. The maximum Gasteiger partial charge on any atom is 0.0650 e. The van der Waals surface area contributed by atoms with E-state index in [0.29, 0.717) is 12.5 Å². The number of aryl methyl sites for hydroxylation is 2. The van der Waals surface area contributed by atoms with Crippen molar-refractivity contribution in [3.8, 4) is 0 Å². The second kappa shape index (κ2) is 6.43. The average molecular weight is 290 g/mol. The zero-order valence-corrected chi connectivity index (χ0v) is 13.7. The fourth-order valence-corrected chi connectivity index (χ4v) is 2.61. The predicted octanol–water partition coefficient (Wildman–Crippen LogP) is 2.35. The summed E-state index contributed by atoms with van der Waals surface area (Å²) in [7, 11) is 1.96. The zero-order chi connectivity index (χ0) is 15.6. The first kappa shape index (κ1) is 15.8. The van der Waals surface area contributed by atoms with E-state index in [2.05, 4.69) is 31.0 Å². The summed E-state index contributed by atoms with van der Waals surface area (Å²) in [5.41, 5.74) is 4.45. The van der Waals surface area contributed by atoms with Gasteiger partial charge in [-0.3, -0.25) is 9.36 Å². The number of aliphatic hydroxyl groups is 1. The van der Waals surface area contributed by atoms with Gasteiger partial charge in [-0.25, -0.2) is 0 Å². The molecular weight excluding hydrogens is 264 g/mol. The molecule has 2 aromatic heterocycles. The summed E-state index contributed by atoms with van der Waals surface area (Å²) in [4.78, 5) is 0. The summed E-state index contributed by atoms with van der Waals surface area (Å²) >= 11 is 0. The molecule has 2 rings (SSSR count). The summed E-state index contributed by atoms with van der Waals surface area (Å²) in [6.07, 6.45) is 3.82. The fourth-order valence-electron chi connectivity index (χ4n) is 2.61. The Kier molecular flexibility index (Phi) is 4.83. The molecule has 1 N–H and O–H groups in total. The van der Waals surface area contributed by atoms with Gasteiger partial charge in [-0.2, -0.15) is 10.2 Å². The molecule has 21 heavy (non-hydrogen) atoms. The minimum absolute atomic E-state index is 0.358. The van der Waals surface area contributed by atoms with Crippen LogP contribution in [0.25, 0.3) is 0 Å². The third-order valence-corrected chi connectivity index (χ3v) is 4.02. The Balaban J connectivity index is 1.91. The lowest BCUT2D eigenvalue weighted by molar-refractivity contribution is 0.163. The highest BCUT2D eigenvalue weighted by atomic mass is 16.3. The normalized spacial score (nSPS) is 13.1. The molecule has 0 bridgehead atoms. The van der Waals surface area contributed by atoms with E-state index in [1.165, 1.54) is 11.3 Å². The van der Waals surface area contributed by atoms with Crippen molar-refractivity contribution in [2.75, 3.05) is 0 Å². The molecule has 2 aromatic rings. The minimum atomic E-state index is -0.362. The van der Waals surface area contributed by atoms with Gasteiger partial charge in [0.15, 0.2) is 0 Å². The standard InChI is InChI=1S/C16H26N4O/c1-11(2)20-9-8-14(18-20)10-15(21)6-7-16-12(3)17-19(5)13(16)4/h8-9,11,15,21H,6-7,10H2,1-5H3. The van der Waals surface area contributed by atoms with Gasteiger partial charge in [-0.15, -0.1) is 0 Å². The Morgan fingerprint density at radius 1 is 1.24 bits per heavy atom. The SMILES string of the molecule is Cc1nn(C)c(C)c1CCC(O)Cc1ccn(C(C)C)n1. The molecule has 5 nitrogen and oxygen atoms in total. The molecular formula is C16H26N4O. The number of rotatable bonds is 6. The molecule has 0 aromatic carbocycles. The topological polar surface area (TPSA) is 55.9 Å². The molecule has 0 saturated heterocycles. The highest BCUT2D eigenvalue weighted by Crippen LogP contribution is 2.16. The molecule has 0 radical (unpaired) electrons. The van der Waals surface area contributed by atoms with Crippen LogP contribution < -0.4 is 0 Å². The van der Waals surface area contributed by atoms with Crippen molar-refractivity contribution < 1.29 is 5.11 Å². The van der Waals surface area contributed by atoms with Crippen LogP contribution in [-0.2, 0) is 19.9 Å². The van der Waals surface area contributed by atoms with Gasteiger partial charge in [0.1, 0.15) is 0 Å². The predicted molar refractivity (Wildman–Crippen MR) is 83.3 cm³/mol. The largest absolute Gasteiger partial charge is 0.393 e. The number of nitrogens with zero attached hydrogens (tertiary/aromatic N) is 4. The van der Waals surface area contributed by atoms with Gasteiger partial charge in [0.25, 0.3) is 0 Å². The monoisotopic (exact) mass is 290 g/mol. The van der Waals surface area contributed by atoms with Crippen LogP contribution >= 0.6 is 0 Å². The molecule has 0 fully saturated rings. The van der Waals surface area contributed by atoms with Gasteiger partial charge in [0, 0.05) is 31.4 Å². The lowest BCUT2D eigenvalue weighted by atomic mass is 10.0. The van der Waals surface area contributed by atoms with E-state index in [4.69, 9.17) is 0 Å². The smallest absolute Gasteiger partial charge is 0.0650 e. The van der Waals surface area contributed by atoms with E-state index in [0.717, 1.165) is 24.2 Å². The Morgan fingerprint density at radius 3 is 2.48 bits per heavy atom. The first-order valence-electron chi connectivity index (χ1n) is 7.59. The van der Waals surface area contributed by atoms with Gasteiger partial charge in [-0.05, 0) is 52.2 Å². The van der Waals surface area contributed by atoms with Crippen molar-refractivity contribution in [1.29, 1.82) is 0 Å². The molecule has 2 heterocycles. The number of aromatic nitrogens is 4. The van der Waals surface area contributed by atoms with E-state index < -0.39 is 0 Å². The van der Waals surface area contributed by atoms with E-state index in [9.17, 15) is 5.11 Å². The van der Waals surface area contributed by atoms with E-state index >= 15 is 0 Å². The van der Waals surface area contributed by atoms with Crippen LogP contribution in [0.5, 0.6) is 0 Å². The number of aliphatic hydroxyl groups excluding tert-OH is 1. The first-order chi connectivity index (χ1) is 9.88. The van der Waals surface area contributed by atoms with Crippen LogP contribution in [0.4, 0.5) is 0 Å². The van der Waals surface area contributed by atoms with Gasteiger partial charge in [0.2, 0.25) is 0 Å². The third-order valence-electron chi connectivity index (χ3n) is 4.02. The Bertz CT molecular complexity index is 597. The number of hydrogen-bond donors (Lipinski definition) is 1. The first-order valence-corrected chi connectivity index (χ1v) is 7.59. The van der Waals surface area contributed by atoms with Gasteiger partial charge in [-0.1, -0.05) is 0 Å². The summed E-state index contributed by atoms with van der Waals surface area (Å²) in [5, 5.41) is 19.1. The molecule has 0 aliphatic heterocycles. The molecule has 0 saturated carbocycles. The van der Waals surface area contributed by atoms with Gasteiger partial charge in [0.05, 0.1) is 17.5 Å². The second-order valence-electron chi connectivity index (χ2n) is 6.05. The fraction of sp³-hybridized carbons (Fsp3) is 0.625. The van der Waals surface area contributed by atoms with Gasteiger partial charge >= 0.3 is 0 Å². The molecule has 1 unspecified atom stereocenters. The summed E-state index contributed by atoms with van der Waals surface area (Å²) in [6.45, 7) is 8.30. The maximum absolute atomic E-state index is 10.2. The van der Waals surface area contributed by atoms with Crippen molar-refractivity contribution in [1.82, 2.24) is 19.6 Å². The summed E-state index contributed by atoms with van der Waals surface area (Å²) in [5.74, 6) is 0. The molecule has 1 atom stereocenters. The second-order valence-corrected chi connectivity index (χ2v) is 6.05.